The number of aromatic amines is 2. The molecule has 1 aromatic heterocycles. The SMILES string of the molecule is Cc1cccc(N(N)C(=O)c2cccc(N(c3c[nH]c(=O)[nH]c3=O)S(=O)(=O)O)c2)c1. The van der Waals surface area contributed by atoms with Crippen LogP contribution >= 0.6 is 0 Å². The second-order valence-electron chi connectivity index (χ2n) is 6.26. The number of anilines is 3. The molecule has 1 heterocycles. The van der Waals surface area contributed by atoms with Crippen LogP contribution in [0.4, 0.5) is 17.1 Å². The molecule has 0 aliphatic rings. The average Bonchev–Trinajstić information content (AvgIpc) is 2.68. The molecular formula is C18H17N5O6S. The minimum Gasteiger partial charge on any atom is -0.312 e. The first-order chi connectivity index (χ1) is 14.1. The van der Waals surface area contributed by atoms with E-state index in [9.17, 15) is 27.4 Å². The second-order valence-corrected chi connectivity index (χ2v) is 7.52. The van der Waals surface area contributed by atoms with E-state index in [0.717, 1.165) is 22.8 Å². The third kappa shape index (κ3) is 4.30. The minimum atomic E-state index is -4.99. The van der Waals surface area contributed by atoms with Crippen molar-refractivity contribution >= 4 is 33.3 Å². The van der Waals surface area contributed by atoms with Crippen molar-refractivity contribution < 1.29 is 17.8 Å². The topological polar surface area (TPSA) is 170 Å². The number of nitrogens with one attached hydrogen (secondary N) is 2. The van der Waals surface area contributed by atoms with E-state index in [2.05, 4.69) is 4.98 Å². The summed E-state index contributed by atoms with van der Waals surface area (Å²) in [5.74, 6) is 5.25. The van der Waals surface area contributed by atoms with Gasteiger partial charge in [-0.3, -0.25) is 19.1 Å². The lowest BCUT2D eigenvalue weighted by Crippen LogP contribution is -2.38. The highest BCUT2D eigenvalue weighted by Gasteiger charge is 2.26. The van der Waals surface area contributed by atoms with Gasteiger partial charge in [0.05, 0.1) is 11.4 Å². The van der Waals surface area contributed by atoms with Crippen LogP contribution < -0.4 is 26.4 Å². The largest absolute Gasteiger partial charge is 0.364 e. The van der Waals surface area contributed by atoms with Crippen molar-refractivity contribution in [3.8, 4) is 0 Å². The van der Waals surface area contributed by atoms with Crippen molar-refractivity contribution in [2.24, 2.45) is 5.84 Å². The zero-order chi connectivity index (χ0) is 22.1. The molecule has 156 valence electrons. The summed E-state index contributed by atoms with van der Waals surface area (Å²) in [5.41, 5.74) is -1.45. The average molecular weight is 431 g/mol. The number of aryl methyl sites for hydroxylation is 1. The summed E-state index contributed by atoms with van der Waals surface area (Å²) < 4.78 is 33.9. The fourth-order valence-corrected chi connectivity index (χ4v) is 3.51. The Bertz CT molecular complexity index is 1330. The van der Waals surface area contributed by atoms with Crippen molar-refractivity contribution in [1.82, 2.24) is 9.97 Å². The molecular weight excluding hydrogens is 414 g/mol. The zero-order valence-electron chi connectivity index (χ0n) is 15.6. The summed E-state index contributed by atoms with van der Waals surface area (Å²) in [6.07, 6.45) is 0.825. The van der Waals surface area contributed by atoms with Gasteiger partial charge in [-0.05, 0) is 42.8 Å². The van der Waals surface area contributed by atoms with E-state index in [1.165, 1.54) is 18.2 Å². The molecule has 3 rings (SSSR count). The van der Waals surface area contributed by atoms with Crippen LogP contribution in [0, 0.1) is 6.92 Å². The fraction of sp³-hybridized carbons (Fsp3) is 0.0556. The van der Waals surface area contributed by atoms with Crippen LogP contribution in [0.3, 0.4) is 0 Å². The number of carbonyl (C=O) groups is 1. The lowest BCUT2D eigenvalue weighted by atomic mass is 10.1. The number of aromatic nitrogens is 2. The molecule has 12 heteroatoms. The Hall–Kier alpha value is -3.74. The lowest BCUT2D eigenvalue weighted by molar-refractivity contribution is 0.0987. The molecule has 0 aliphatic carbocycles. The third-order valence-corrected chi connectivity index (χ3v) is 4.94. The van der Waals surface area contributed by atoms with Gasteiger partial charge in [0.25, 0.3) is 11.5 Å². The third-order valence-electron chi connectivity index (χ3n) is 4.08. The van der Waals surface area contributed by atoms with Crippen LogP contribution in [-0.4, -0.2) is 28.8 Å². The van der Waals surface area contributed by atoms with Gasteiger partial charge in [-0.2, -0.15) is 8.42 Å². The summed E-state index contributed by atoms with van der Waals surface area (Å²) in [5, 5.41) is 0.886. The van der Waals surface area contributed by atoms with Gasteiger partial charge in [-0.15, -0.1) is 0 Å². The van der Waals surface area contributed by atoms with Crippen molar-refractivity contribution in [2.45, 2.75) is 6.92 Å². The van der Waals surface area contributed by atoms with E-state index in [0.29, 0.717) is 5.69 Å². The highest BCUT2D eigenvalue weighted by Crippen LogP contribution is 2.26. The number of benzene rings is 2. The quantitative estimate of drug-likeness (QED) is 0.201. The van der Waals surface area contributed by atoms with Gasteiger partial charge in [0.15, 0.2) is 0 Å². The number of carbonyl (C=O) groups excluding carboxylic acids is 1. The summed E-state index contributed by atoms with van der Waals surface area (Å²) in [7, 11) is -4.99. The van der Waals surface area contributed by atoms with Crippen LogP contribution in [0.1, 0.15) is 15.9 Å². The maximum atomic E-state index is 12.8. The molecule has 0 radical (unpaired) electrons. The monoisotopic (exact) mass is 431 g/mol. The molecule has 2 aromatic carbocycles. The van der Waals surface area contributed by atoms with E-state index < -0.39 is 33.1 Å². The molecule has 0 spiro atoms. The summed E-state index contributed by atoms with van der Waals surface area (Å²) in [6, 6.07) is 12.0. The predicted molar refractivity (Wildman–Crippen MR) is 110 cm³/mol. The van der Waals surface area contributed by atoms with Crippen LogP contribution in [0.15, 0.2) is 64.3 Å². The first-order valence-corrected chi connectivity index (χ1v) is 9.83. The van der Waals surface area contributed by atoms with Gasteiger partial charge in [-0.1, -0.05) is 18.2 Å². The number of hydrogen-bond acceptors (Lipinski definition) is 6. The van der Waals surface area contributed by atoms with E-state index in [-0.39, 0.29) is 15.6 Å². The van der Waals surface area contributed by atoms with Crippen LogP contribution in [-0.2, 0) is 10.3 Å². The standard InChI is InChI=1S/C18H17N5O6S/c1-11-4-2-6-13(8-11)22(19)17(25)12-5-3-7-14(9-12)23(30(27,28)29)15-10-20-18(26)21-16(15)24/h2-10H,19H2,1H3,(H,27,28,29)(H2,20,21,24,26). The number of nitrogens with zero attached hydrogens (tertiary/aromatic N) is 2. The number of hydrazine groups is 1. The van der Waals surface area contributed by atoms with Crippen LogP contribution in [0.5, 0.6) is 0 Å². The van der Waals surface area contributed by atoms with Gasteiger partial charge in [0.1, 0.15) is 5.69 Å². The Morgan fingerprint density at radius 3 is 2.37 bits per heavy atom. The maximum absolute atomic E-state index is 12.8. The van der Waals surface area contributed by atoms with Crippen LogP contribution in [0.2, 0.25) is 0 Å². The number of rotatable bonds is 5. The number of H-pyrrole nitrogens is 2. The van der Waals surface area contributed by atoms with E-state index in [1.54, 1.807) is 18.2 Å². The van der Waals surface area contributed by atoms with Gasteiger partial charge in [0.2, 0.25) is 0 Å². The van der Waals surface area contributed by atoms with E-state index in [4.69, 9.17) is 5.84 Å². The maximum Gasteiger partial charge on any atom is 0.364 e. The number of amides is 1. The minimum absolute atomic E-state index is 0.00832. The van der Waals surface area contributed by atoms with Crippen molar-refractivity contribution in [3.05, 3.63) is 86.7 Å². The Labute approximate surface area is 170 Å². The second kappa shape index (κ2) is 7.94. The summed E-state index contributed by atoms with van der Waals surface area (Å²) in [6.45, 7) is 1.83. The molecule has 0 aliphatic heterocycles. The van der Waals surface area contributed by atoms with Gasteiger partial charge in [0, 0.05) is 11.8 Å². The molecule has 0 saturated carbocycles. The van der Waals surface area contributed by atoms with Gasteiger partial charge in [-0.25, -0.2) is 20.0 Å². The number of nitrogens with two attached hydrogens (primary N) is 1. The van der Waals surface area contributed by atoms with Gasteiger partial charge >= 0.3 is 16.0 Å². The van der Waals surface area contributed by atoms with Crippen molar-refractivity contribution in [1.29, 1.82) is 0 Å². The molecule has 30 heavy (non-hydrogen) atoms. The van der Waals surface area contributed by atoms with E-state index in [1.807, 2.05) is 18.0 Å². The lowest BCUT2D eigenvalue weighted by Gasteiger charge is -2.21. The summed E-state index contributed by atoms with van der Waals surface area (Å²) in [4.78, 5) is 40.1. The van der Waals surface area contributed by atoms with Gasteiger partial charge < -0.3 is 4.98 Å². The predicted octanol–water partition coefficient (Wildman–Crippen LogP) is 0.833. The Morgan fingerprint density at radius 1 is 1.07 bits per heavy atom. The summed E-state index contributed by atoms with van der Waals surface area (Å²) >= 11 is 0. The molecule has 3 aromatic rings. The number of hydrogen-bond donors (Lipinski definition) is 4. The highest BCUT2D eigenvalue weighted by molar-refractivity contribution is 7.87. The molecule has 0 bridgehead atoms. The Morgan fingerprint density at radius 2 is 1.73 bits per heavy atom. The van der Waals surface area contributed by atoms with E-state index >= 15 is 0 Å². The highest BCUT2D eigenvalue weighted by atomic mass is 32.2. The van der Waals surface area contributed by atoms with Crippen molar-refractivity contribution in [2.75, 3.05) is 9.31 Å². The smallest absolute Gasteiger partial charge is 0.312 e. The first kappa shape index (κ1) is 21.0. The van der Waals surface area contributed by atoms with Crippen LogP contribution in [0.25, 0.3) is 0 Å². The fourth-order valence-electron chi connectivity index (χ4n) is 2.75. The molecule has 5 N–H and O–H groups in total. The Kier molecular flexibility index (Phi) is 5.56. The molecule has 0 fully saturated rings. The molecule has 0 saturated heterocycles. The molecule has 0 unspecified atom stereocenters. The molecule has 0 atom stereocenters. The molecule has 11 nitrogen and oxygen atoms in total. The first-order valence-electron chi connectivity index (χ1n) is 8.43. The normalized spacial score (nSPS) is 11.2. The Balaban J connectivity index is 2.06. The zero-order valence-corrected chi connectivity index (χ0v) is 16.4. The molecule has 1 amide bonds. The van der Waals surface area contributed by atoms with Crippen molar-refractivity contribution in [3.63, 3.8) is 0 Å².